The normalized spacial score (nSPS) is 18.1. The minimum absolute atomic E-state index is 0.00327. The van der Waals surface area contributed by atoms with Crippen molar-refractivity contribution in [3.05, 3.63) is 89.4 Å². The Balaban J connectivity index is 1.26. The molecule has 2 saturated heterocycles. The predicted molar refractivity (Wildman–Crippen MR) is 130 cm³/mol. The second kappa shape index (κ2) is 10.3. The van der Waals surface area contributed by atoms with Gasteiger partial charge in [-0.15, -0.1) is 0 Å². The molecule has 1 atom stereocenters. The third kappa shape index (κ3) is 5.50. The number of hydrogen-bond donors (Lipinski definition) is 0. The van der Waals surface area contributed by atoms with Crippen molar-refractivity contribution in [1.82, 2.24) is 14.8 Å². The first-order valence-corrected chi connectivity index (χ1v) is 12.1. The van der Waals surface area contributed by atoms with Gasteiger partial charge >= 0.3 is 0 Å². The van der Waals surface area contributed by atoms with Gasteiger partial charge in [-0.25, -0.2) is 9.37 Å². The zero-order valence-corrected chi connectivity index (χ0v) is 19.5. The highest BCUT2D eigenvalue weighted by molar-refractivity contribution is 5.94. The molecule has 180 valence electrons. The Hall–Kier alpha value is -3.74. The van der Waals surface area contributed by atoms with Crippen molar-refractivity contribution >= 4 is 11.8 Å². The fourth-order valence-electron chi connectivity index (χ4n) is 4.85. The number of likely N-dealkylation sites (tertiary alicyclic amines) is 2. The van der Waals surface area contributed by atoms with Crippen LogP contribution in [0.1, 0.15) is 53.2 Å². The highest BCUT2D eigenvalue weighted by Gasteiger charge is 2.27. The largest absolute Gasteiger partial charge is 0.439 e. The highest BCUT2D eigenvalue weighted by atomic mass is 19.1. The fourth-order valence-corrected chi connectivity index (χ4v) is 4.85. The van der Waals surface area contributed by atoms with Crippen molar-refractivity contribution < 1.29 is 18.7 Å². The molecule has 2 amide bonds. The number of pyridine rings is 1. The first-order valence-electron chi connectivity index (χ1n) is 12.1. The second-order valence-electron chi connectivity index (χ2n) is 9.17. The van der Waals surface area contributed by atoms with E-state index in [-0.39, 0.29) is 23.5 Å². The quantitative estimate of drug-likeness (QED) is 0.496. The topological polar surface area (TPSA) is 62.7 Å². The number of ether oxygens (including phenoxy) is 1. The molecule has 0 spiro atoms. The molecular weight excluding hydrogens is 445 g/mol. The van der Waals surface area contributed by atoms with Crippen LogP contribution in [0.2, 0.25) is 0 Å². The zero-order chi connectivity index (χ0) is 24.2. The lowest BCUT2D eigenvalue weighted by Gasteiger charge is -2.32. The SMILES string of the molecule is O=C1CCCN1Cc1cccc(C(=O)N2CCCC(c3cccc(Oc4cccc(F)c4)n3)C2)c1. The predicted octanol–water partition coefficient (Wildman–Crippen LogP) is 5.16. The Bertz CT molecular complexity index is 1230. The van der Waals surface area contributed by atoms with Gasteiger partial charge in [-0.05, 0) is 55.2 Å². The summed E-state index contributed by atoms with van der Waals surface area (Å²) in [5.41, 5.74) is 2.48. The Morgan fingerprint density at radius 2 is 1.89 bits per heavy atom. The van der Waals surface area contributed by atoms with Gasteiger partial charge in [0.2, 0.25) is 11.8 Å². The van der Waals surface area contributed by atoms with Gasteiger partial charge in [0.1, 0.15) is 11.6 Å². The summed E-state index contributed by atoms with van der Waals surface area (Å²) in [6.07, 6.45) is 3.32. The number of benzene rings is 2. The minimum Gasteiger partial charge on any atom is -0.439 e. The molecule has 0 radical (unpaired) electrons. The third-order valence-corrected chi connectivity index (χ3v) is 6.61. The summed E-state index contributed by atoms with van der Waals surface area (Å²) in [7, 11) is 0. The average molecular weight is 474 g/mol. The minimum atomic E-state index is -0.365. The first kappa shape index (κ1) is 23.0. The van der Waals surface area contributed by atoms with Crippen LogP contribution < -0.4 is 4.74 Å². The van der Waals surface area contributed by atoms with Gasteiger partial charge in [-0.1, -0.05) is 24.3 Å². The number of hydrogen-bond acceptors (Lipinski definition) is 4. The van der Waals surface area contributed by atoms with E-state index in [1.807, 2.05) is 46.2 Å². The molecule has 3 heterocycles. The van der Waals surface area contributed by atoms with Gasteiger partial charge in [0.25, 0.3) is 5.91 Å². The Morgan fingerprint density at radius 1 is 1.03 bits per heavy atom. The molecule has 2 fully saturated rings. The number of piperidine rings is 1. The summed E-state index contributed by atoms with van der Waals surface area (Å²) < 4.78 is 19.2. The van der Waals surface area contributed by atoms with E-state index < -0.39 is 0 Å². The van der Waals surface area contributed by atoms with Crippen LogP contribution in [-0.2, 0) is 11.3 Å². The fraction of sp³-hybridized carbons (Fsp3) is 0.321. The van der Waals surface area contributed by atoms with Crippen molar-refractivity contribution in [3.63, 3.8) is 0 Å². The Labute approximate surface area is 204 Å². The maximum atomic E-state index is 13.5. The van der Waals surface area contributed by atoms with Crippen LogP contribution >= 0.6 is 0 Å². The van der Waals surface area contributed by atoms with E-state index in [4.69, 9.17) is 4.74 Å². The molecule has 0 bridgehead atoms. The molecular formula is C28H28FN3O3. The summed E-state index contributed by atoms with van der Waals surface area (Å²) in [6.45, 7) is 2.60. The van der Waals surface area contributed by atoms with Gasteiger partial charge in [0, 0.05) is 61.9 Å². The van der Waals surface area contributed by atoms with E-state index in [9.17, 15) is 14.0 Å². The molecule has 0 N–H and O–H groups in total. The molecule has 6 nitrogen and oxygen atoms in total. The maximum absolute atomic E-state index is 13.5. The van der Waals surface area contributed by atoms with Crippen LogP contribution in [0.25, 0.3) is 0 Å². The lowest BCUT2D eigenvalue weighted by atomic mass is 9.93. The number of amides is 2. The van der Waals surface area contributed by atoms with Crippen LogP contribution in [0.5, 0.6) is 11.6 Å². The summed E-state index contributed by atoms with van der Waals surface area (Å²) in [6, 6.07) is 19.1. The maximum Gasteiger partial charge on any atom is 0.253 e. The van der Waals surface area contributed by atoms with Gasteiger partial charge in [0.15, 0.2) is 0 Å². The molecule has 2 aromatic carbocycles. The van der Waals surface area contributed by atoms with Crippen LogP contribution in [0.15, 0.2) is 66.7 Å². The van der Waals surface area contributed by atoms with E-state index in [2.05, 4.69) is 4.98 Å². The van der Waals surface area contributed by atoms with Crippen molar-refractivity contribution in [1.29, 1.82) is 0 Å². The van der Waals surface area contributed by atoms with Crippen LogP contribution in [0.3, 0.4) is 0 Å². The van der Waals surface area contributed by atoms with Crippen LogP contribution in [-0.4, -0.2) is 46.2 Å². The van der Waals surface area contributed by atoms with Crippen molar-refractivity contribution in [3.8, 4) is 11.6 Å². The van der Waals surface area contributed by atoms with E-state index in [1.54, 1.807) is 18.2 Å². The molecule has 35 heavy (non-hydrogen) atoms. The molecule has 5 rings (SSSR count). The van der Waals surface area contributed by atoms with Gasteiger partial charge in [-0.3, -0.25) is 9.59 Å². The summed E-state index contributed by atoms with van der Waals surface area (Å²) in [5.74, 6) is 0.699. The van der Waals surface area contributed by atoms with Gasteiger partial charge in [-0.2, -0.15) is 0 Å². The van der Waals surface area contributed by atoms with Crippen molar-refractivity contribution in [2.75, 3.05) is 19.6 Å². The zero-order valence-electron chi connectivity index (χ0n) is 19.5. The number of halogens is 1. The molecule has 0 aliphatic carbocycles. The summed E-state index contributed by atoms with van der Waals surface area (Å²) in [4.78, 5) is 33.7. The molecule has 1 aromatic heterocycles. The molecule has 2 aliphatic heterocycles. The lowest BCUT2D eigenvalue weighted by Crippen LogP contribution is -2.39. The molecule has 1 unspecified atom stereocenters. The standard InChI is InChI=1S/C28H28FN3O3/c29-23-9-2-10-24(17-23)35-26-12-3-11-25(30-26)22-8-4-15-32(19-22)28(34)21-7-1-6-20(16-21)18-31-14-5-13-27(31)33/h1-3,6-7,9-12,16-17,22H,4-5,8,13-15,18-19H2. The molecule has 7 heteroatoms. The van der Waals surface area contributed by atoms with E-state index in [0.717, 1.165) is 37.1 Å². The van der Waals surface area contributed by atoms with Gasteiger partial charge < -0.3 is 14.5 Å². The monoisotopic (exact) mass is 473 g/mol. The van der Waals surface area contributed by atoms with E-state index >= 15 is 0 Å². The van der Waals surface area contributed by atoms with Gasteiger partial charge in [0.05, 0.1) is 0 Å². The summed E-state index contributed by atoms with van der Waals surface area (Å²) >= 11 is 0. The number of aromatic nitrogens is 1. The molecule has 2 aliphatic rings. The number of carbonyl (C=O) groups excluding carboxylic acids is 2. The van der Waals surface area contributed by atoms with E-state index in [1.165, 1.54) is 12.1 Å². The van der Waals surface area contributed by atoms with Crippen LogP contribution in [0, 0.1) is 5.82 Å². The first-order chi connectivity index (χ1) is 17.0. The average Bonchev–Trinajstić information content (AvgIpc) is 3.28. The molecule has 0 saturated carbocycles. The van der Waals surface area contributed by atoms with E-state index in [0.29, 0.717) is 43.2 Å². The third-order valence-electron chi connectivity index (χ3n) is 6.61. The Kier molecular flexibility index (Phi) is 6.75. The Morgan fingerprint density at radius 3 is 2.71 bits per heavy atom. The number of nitrogens with zero attached hydrogens (tertiary/aromatic N) is 3. The summed E-state index contributed by atoms with van der Waals surface area (Å²) in [5, 5.41) is 0. The van der Waals surface area contributed by atoms with Crippen molar-refractivity contribution in [2.45, 2.75) is 38.1 Å². The van der Waals surface area contributed by atoms with Crippen molar-refractivity contribution in [2.24, 2.45) is 0 Å². The lowest BCUT2D eigenvalue weighted by molar-refractivity contribution is -0.128. The molecule has 3 aromatic rings. The van der Waals surface area contributed by atoms with Crippen LogP contribution in [0.4, 0.5) is 4.39 Å². The number of rotatable bonds is 6. The smallest absolute Gasteiger partial charge is 0.253 e. The number of carbonyl (C=O) groups is 2. The second-order valence-corrected chi connectivity index (χ2v) is 9.17. The highest BCUT2D eigenvalue weighted by Crippen LogP contribution is 2.29.